The van der Waals surface area contributed by atoms with Gasteiger partial charge in [-0.15, -0.1) is 0 Å². The van der Waals surface area contributed by atoms with Gasteiger partial charge >= 0.3 is 6.01 Å². The molecule has 2 rings (SSSR count). The van der Waals surface area contributed by atoms with Crippen LogP contribution in [0.4, 0.5) is 5.82 Å². The minimum Gasteiger partial charge on any atom is -0.467 e. The van der Waals surface area contributed by atoms with Crippen molar-refractivity contribution in [1.82, 2.24) is 15.3 Å². The fourth-order valence-electron chi connectivity index (χ4n) is 1.99. The van der Waals surface area contributed by atoms with Crippen molar-refractivity contribution in [2.24, 2.45) is 0 Å². The van der Waals surface area contributed by atoms with Crippen molar-refractivity contribution >= 4 is 11.7 Å². The highest BCUT2D eigenvalue weighted by Gasteiger charge is 2.21. The molecule has 0 bridgehead atoms. The lowest BCUT2D eigenvalue weighted by atomic mass is 10.0. The zero-order valence-corrected chi connectivity index (χ0v) is 10.7. The number of methoxy groups -OCH3 is 1. The highest BCUT2D eigenvalue weighted by molar-refractivity contribution is 5.94. The second-order valence-electron chi connectivity index (χ2n) is 4.37. The molecule has 6 nitrogen and oxygen atoms in total. The van der Waals surface area contributed by atoms with Crippen molar-refractivity contribution in [3.63, 3.8) is 0 Å². The van der Waals surface area contributed by atoms with Crippen LogP contribution in [-0.2, 0) is 4.79 Å². The predicted octanol–water partition coefficient (Wildman–Crippen LogP) is 0.874. The molecule has 2 N–H and O–H groups in total. The summed E-state index contributed by atoms with van der Waals surface area (Å²) in [7, 11) is 1.50. The lowest BCUT2D eigenvalue weighted by Gasteiger charge is -2.22. The zero-order chi connectivity index (χ0) is 13.0. The van der Waals surface area contributed by atoms with Gasteiger partial charge in [0.25, 0.3) is 0 Å². The number of anilines is 1. The average molecular weight is 250 g/mol. The summed E-state index contributed by atoms with van der Waals surface area (Å²) in [6.07, 6.45) is 3.08. The van der Waals surface area contributed by atoms with Gasteiger partial charge in [0.05, 0.1) is 13.2 Å². The number of rotatable bonds is 3. The van der Waals surface area contributed by atoms with Crippen LogP contribution in [0.5, 0.6) is 6.01 Å². The molecule has 98 valence electrons. The van der Waals surface area contributed by atoms with Crippen LogP contribution in [0.15, 0.2) is 6.07 Å². The number of hydrogen-bond donors (Lipinski definition) is 2. The molecule has 1 aromatic heterocycles. The number of nitrogens with one attached hydrogen (secondary N) is 2. The molecule has 2 heterocycles. The van der Waals surface area contributed by atoms with Gasteiger partial charge in [-0.25, -0.2) is 4.98 Å². The molecule has 1 aliphatic rings. The third-order valence-electron chi connectivity index (χ3n) is 2.89. The fourth-order valence-corrected chi connectivity index (χ4v) is 1.99. The van der Waals surface area contributed by atoms with Gasteiger partial charge in [-0.05, 0) is 26.3 Å². The molecular formula is C12H18N4O2. The smallest absolute Gasteiger partial charge is 0.318 e. The van der Waals surface area contributed by atoms with Crippen molar-refractivity contribution in [1.29, 1.82) is 0 Å². The van der Waals surface area contributed by atoms with Crippen LogP contribution in [-0.4, -0.2) is 35.6 Å². The number of hydrogen-bond acceptors (Lipinski definition) is 5. The van der Waals surface area contributed by atoms with Crippen LogP contribution < -0.4 is 15.4 Å². The number of amides is 1. The molecule has 18 heavy (non-hydrogen) atoms. The third kappa shape index (κ3) is 3.16. The largest absolute Gasteiger partial charge is 0.467 e. The van der Waals surface area contributed by atoms with Gasteiger partial charge < -0.3 is 15.4 Å². The lowest BCUT2D eigenvalue weighted by molar-refractivity contribution is -0.118. The number of aryl methyl sites for hydroxylation is 1. The average Bonchev–Trinajstić information content (AvgIpc) is 2.39. The molecule has 0 radical (unpaired) electrons. The van der Waals surface area contributed by atoms with Crippen molar-refractivity contribution in [2.45, 2.75) is 32.2 Å². The molecule has 0 saturated carbocycles. The molecule has 1 aromatic rings. The summed E-state index contributed by atoms with van der Waals surface area (Å²) in [6, 6.07) is 1.87. The Kier molecular flexibility index (Phi) is 4.09. The van der Waals surface area contributed by atoms with Crippen LogP contribution >= 0.6 is 0 Å². The molecule has 1 aliphatic heterocycles. The highest BCUT2D eigenvalue weighted by atomic mass is 16.5. The zero-order valence-electron chi connectivity index (χ0n) is 10.7. The van der Waals surface area contributed by atoms with Gasteiger partial charge in [0.15, 0.2) is 0 Å². The number of ether oxygens (including phenoxy) is 1. The first kappa shape index (κ1) is 12.8. The summed E-state index contributed by atoms with van der Waals surface area (Å²) in [6.45, 7) is 2.73. The van der Waals surface area contributed by atoms with Crippen LogP contribution in [0.1, 0.15) is 25.0 Å². The van der Waals surface area contributed by atoms with E-state index in [0.717, 1.165) is 31.5 Å². The molecule has 0 aliphatic carbocycles. The van der Waals surface area contributed by atoms with Crippen molar-refractivity contribution < 1.29 is 9.53 Å². The van der Waals surface area contributed by atoms with Gasteiger partial charge in [-0.3, -0.25) is 4.79 Å². The fraction of sp³-hybridized carbons (Fsp3) is 0.583. The van der Waals surface area contributed by atoms with Crippen LogP contribution in [0.3, 0.4) is 0 Å². The monoisotopic (exact) mass is 250 g/mol. The molecule has 1 atom stereocenters. The molecule has 1 amide bonds. The molecule has 0 spiro atoms. The number of carbonyl (C=O) groups excluding carboxylic acids is 1. The summed E-state index contributed by atoms with van der Waals surface area (Å²) < 4.78 is 4.97. The van der Waals surface area contributed by atoms with E-state index in [1.54, 1.807) is 6.07 Å². The van der Waals surface area contributed by atoms with Gasteiger partial charge in [0.2, 0.25) is 5.91 Å². The first-order valence-electron chi connectivity index (χ1n) is 6.13. The van der Waals surface area contributed by atoms with Crippen LogP contribution in [0, 0.1) is 6.92 Å². The molecule has 6 heteroatoms. The Labute approximate surface area is 106 Å². The Morgan fingerprint density at radius 2 is 2.33 bits per heavy atom. The maximum Gasteiger partial charge on any atom is 0.318 e. The Morgan fingerprint density at radius 1 is 1.50 bits per heavy atom. The van der Waals surface area contributed by atoms with Gasteiger partial charge in [0, 0.05) is 11.8 Å². The van der Waals surface area contributed by atoms with Crippen molar-refractivity contribution in [3.8, 4) is 6.01 Å². The van der Waals surface area contributed by atoms with E-state index in [1.165, 1.54) is 7.11 Å². The van der Waals surface area contributed by atoms with E-state index in [4.69, 9.17) is 4.74 Å². The molecule has 0 aromatic carbocycles. The third-order valence-corrected chi connectivity index (χ3v) is 2.89. The first-order chi connectivity index (χ1) is 8.69. The second kappa shape index (κ2) is 5.77. The molecule has 1 saturated heterocycles. The number of aromatic nitrogens is 2. The second-order valence-corrected chi connectivity index (χ2v) is 4.37. The normalized spacial score (nSPS) is 19.3. The van der Waals surface area contributed by atoms with E-state index in [-0.39, 0.29) is 18.0 Å². The van der Waals surface area contributed by atoms with E-state index in [0.29, 0.717) is 5.82 Å². The summed E-state index contributed by atoms with van der Waals surface area (Å²) in [5.74, 6) is 0.437. The Balaban J connectivity index is 2.03. The number of nitrogens with zero attached hydrogens (tertiary/aromatic N) is 2. The van der Waals surface area contributed by atoms with Crippen molar-refractivity contribution in [2.75, 3.05) is 19.0 Å². The molecule has 1 unspecified atom stereocenters. The van der Waals surface area contributed by atoms with Gasteiger partial charge in [-0.1, -0.05) is 6.42 Å². The minimum atomic E-state index is -0.125. The van der Waals surface area contributed by atoms with E-state index in [2.05, 4.69) is 20.6 Å². The Morgan fingerprint density at radius 3 is 3.00 bits per heavy atom. The van der Waals surface area contributed by atoms with Crippen molar-refractivity contribution in [3.05, 3.63) is 11.8 Å². The Bertz CT molecular complexity index is 430. The highest BCUT2D eigenvalue weighted by Crippen LogP contribution is 2.13. The Hall–Kier alpha value is -1.69. The van der Waals surface area contributed by atoms with E-state index < -0.39 is 0 Å². The molecule has 1 fully saturated rings. The summed E-state index contributed by atoms with van der Waals surface area (Å²) in [4.78, 5) is 20.2. The minimum absolute atomic E-state index is 0.0464. The van der Waals surface area contributed by atoms with Crippen LogP contribution in [0.2, 0.25) is 0 Å². The lowest BCUT2D eigenvalue weighted by Crippen LogP contribution is -2.43. The standard InChI is InChI=1S/C12H18N4O2/c1-8-7-10(16-12(14-8)18-2)15-11(17)9-5-3-4-6-13-9/h7,9,13H,3-6H2,1-2H3,(H,14,15,16,17). The maximum absolute atomic E-state index is 12.0. The summed E-state index contributed by atoms with van der Waals surface area (Å²) >= 11 is 0. The van der Waals surface area contributed by atoms with Gasteiger partial charge in [-0.2, -0.15) is 4.98 Å². The summed E-state index contributed by atoms with van der Waals surface area (Å²) in [5.41, 5.74) is 0.758. The topological polar surface area (TPSA) is 76.1 Å². The summed E-state index contributed by atoms with van der Waals surface area (Å²) in [5, 5.41) is 5.99. The predicted molar refractivity (Wildman–Crippen MR) is 67.6 cm³/mol. The first-order valence-corrected chi connectivity index (χ1v) is 6.13. The van der Waals surface area contributed by atoms with Crippen LogP contribution in [0.25, 0.3) is 0 Å². The number of piperidine rings is 1. The van der Waals surface area contributed by atoms with E-state index in [1.807, 2.05) is 6.92 Å². The quantitative estimate of drug-likeness (QED) is 0.832. The SMILES string of the molecule is COc1nc(C)cc(NC(=O)C2CCCCN2)n1. The van der Waals surface area contributed by atoms with E-state index >= 15 is 0 Å². The van der Waals surface area contributed by atoms with E-state index in [9.17, 15) is 4.79 Å². The van der Waals surface area contributed by atoms with Gasteiger partial charge in [0.1, 0.15) is 5.82 Å². The maximum atomic E-state index is 12.0. The number of carbonyl (C=O) groups is 1. The molecular weight excluding hydrogens is 232 g/mol.